The van der Waals surface area contributed by atoms with E-state index in [1.807, 2.05) is 0 Å². The Morgan fingerprint density at radius 2 is 1.65 bits per heavy atom. The summed E-state index contributed by atoms with van der Waals surface area (Å²) >= 11 is 1.29. The molecule has 0 amide bonds. The van der Waals surface area contributed by atoms with Crippen molar-refractivity contribution < 1.29 is 36.2 Å². The van der Waals surface area contributed by atoms with Crippen LogP contribution in [-0.2, 0) is 17.1 Å². The van der Waals surface area contributed by atoms with Crippen LogP contribution >= 0.6 is 22.6 Å². The van der Waals surface area contributed by atoms with Gasteiger partial charge in [0.2, 0.25) is 0 Å². The smallest absolute Gasteiger partial charge is 0.417 e. The lowest BCUT2D eigenvalue weighted by Gasteiger charge is -2.15. The van der Waals surface area contributed by atoms with Crippen LogP contribution in [0.4, 0.5) is 26.3 Å². The quantitative estimate of drug-likeness (QED) is 0.445. The van der Waals surface area contributed by atoms with Gasteiger partial charge < -0.3 is 5.11 Å². The Hall–Kier alpha value is -1.26. The Morgan fingerprint density at radius 1 is 1.10 bits per heavy atom. The summed E-state index contributed by atoms with van der Waals surface area (Å²) in [6, 6.07) is 0.487. The normalized spacial score (nSPS) is 12.9. The molecule has 0 bridgehead atoms. The van der Waals surface area contributed by atoms with Gasteiger partial charge in [0.05, 0.1) is 11.1 Å². The molecule has 0 aliphatic heterocycles. The summed E-state index contributed by atoms with van der Waals surface area (Å²) in [5, 5.41) is 8.39. The fourth-order valence-corrected chi connectivity index (χ4v) is 2.15. The second-order valence-corrected chi connectivity index (χ2v) is 4.75. The van der Waals surface area contributed by atoms with Crippen LogP contribution in [0.2, 0.25) is 0 Å². The first kappa shape index (κ1) is 16.8. The molecule has 110 valence electrons. The molecule has 20 heavy (non-hydrogen) atoms. The number of hydrogen-bond acceptors (Lipinski definition) is 1. The van der Waals surface area contributed by atoms with Gasteiger partial charge in [0.25, 0.3) is 0 Å². The van der Waals surface area contributed by atoms with Crippen molar-refractivity contribution in [1.82, 2.24) is 0 Å². The molecule has 1 rings (SSSR count). The van der Waals surface area contributed by atoms with Crippen molar-refractivity contribution in [3.63, 3.8) is 0 Å². The third-order valence-electron chi connectivity index (χ3n) is 2.15. The Bertz CT molecular complexity index is 559. The number of rotatable bonds is 2. The van der Waals surface area contributed by atoms with E-state index < -0.39 is 35.0 Å². The molecule has 0 radical (unpaired) electrons. The molecule has 9 heteroatoms. The highest BCUT2D eigenvalue weighted by Crippen LogP contribution is 2.39. The van der Waals surface area contributed by atoms with Gasteiger partial charge in [-0.3, -0.25) is 0 Å². The van der Waals surface area contributed by atoms with Crippen LogP contribution < -0.4 is 0 Å². The zero-order valence-corrected chi connectivity index (χ0v) is 11.5. The molecule has 0 spiro atoms. The first-order valence-electron chi connectivity index (χ1n) is 4.82. The highest BCUT2D eigenvalue weighted by Gasteiger charge is 2.38. The third kappa shape index (κ3) is 4.12. The molecule has 0 aromatic heterocycles. The van der Waals surface area contributed by atoms with Gasteiger partial charge in [0, 0.05) is 15.2 Å². The van der Waals surface area contributed by atoms with Crippen molar-refractivity contribution in [1.29, 1.82) is 0 Å². The zero-order chi connectivity index (χ0) is 15.7. The number of benzene rings is 1. The average Bonchev–Trinajstić information content (AvgIpc) is 2.23. The van der Waals surface area contributed by atoms with Gasteiger partial charge in [-0.2, -0.15) is 26.3 Å². The van der Waals surface area contributed by atoms with E-state index in [1.165, 1.54) is 22.6 Å². The molecule has 1 aromatic rings. The van der Waals surface area contributed by atoms with Crippen molar-refractivity contribution in [3.05, 3.63) is 38.5 Å². The minimum atomic E-state index is -5.03. The second-order valence-electron chi connectivity index (χ2n) is 3.59. The predicted molar refractivity (Wildman–Crippen MR) is 65.8 cm³/mol. The lowest BCUT2D eigenvalue weighted by atomic mass is 10.0. The molecule has 0 heterocycles. The Morgan fingerprint density at radius 3 is 2.05 bits per heavy atom. The average molecular weight is 410 g/mol. The zero-order valence-electron chi connectivity index (χ0n) is 9.31. The lowest BCUT2D eigenvalue weighted by Crippen LogP contribution is -2.13. The molecule has 2 nitrogen and oxygen atoms in total. The lowest BCUT2D eigenvalue weighted by molar-refractivity contribution is -0.143. The Labute approximate surface area is 122 Å². The van der Waals surface area contributed by atoms with E-state index in [0.717, 1.165) is 0 Å². The summed E-state index contributed by atoms with van der Waals surface area (Å²) in [5.41, 5.74) is -3.59. The maximum atomic E-state index is 12.8. The molecule has 0 fully saturated rings. The first-order chi connectivity index (χ1) is 8.93. The summed E-state index contributed by atoms with van der Waals surface area (Å²) in [6.07, 6.45) is -8.90. The molecule has 0 unspecified atom stereocenters. The summed E-state index contributed by atoms with van der Waals surface area (Å²) in [7, 11) is 0. The van der Waals surface area contributed by atoms with Gasteiger partial charge in [-0.05, 0) is 40.8 Å². The minimum Gasteiger partial charge on any atom is -0.478 e. The SMILES string of the molecule is O=C(O)/C=C/c1c(I)cc(C(F)(F)F)cc1C(F)(F)F. The molecule has 1 aromatic carbocycles. The molecule has 0 aliphatic carbocycles. The third-order valence-corrected chi connectivity index (χ3v) is 3.05. The number of halogens is 7. The molecule has 0 saturated heterocycles. The van der Waals surface area contributed by atoms with Crippen molar-refractivity contribution in [2.45, 2.75) is 12.4 Å². The fraction of sp³-hybridized carbons (Fsp3) is 0.182. The molecule has 1 N–H and O–H groups in total. The molecule has 0 saturated carbocycles. The van der Waals surface area contributed by atoms with Crippen LogP contribution in [0.15, 0.2) is 18.2 Å². The van der Waals surface area contributed by atoms with Crippen LogP contribution in [0, 0.1) is 3.57 Å². The van der Waals surface area contributed by atoms with Crippen LogP contribution in [0.1, 0.15) is 16.7 Å². The van der Waals surface area contributed by atoms with E-state index in [4.69, 9.17) is 5.11 Å². The predicted octanol–water partition coefficient (Wildman–Crippen LogP) is 4.43. The van der Waals surface area contributed by atoms with E-state index in [-0.39, 0.29) is 9.64 Å². The van der Waals surface area contributed by atoms with Crippen molar-refractivity contribution in [3.8, 4) is 0 Å². The van der Waals surface area contributed by atoms with E-state index in [0.29, 0.717) is 18.2 Å². The van der Waals surface area contributed by atoms with Crippen LogP contribution in [0.25, 0.3) is 6.08 Å². The number of carboxylic acid groups (broad SMARTS) is 1. The van der Waals surface area contributed by atoms with Gasteiger partial charge in [-0.15, -0.1) is 0 Å². The summed E-state index contributed by atoms with van der Waals surface area (Å²) in [5.74, 6) is -1.51. The second kappa shape index (κ2) is 5.62. The number of carbonyl (C=O) groups is 1. The number of hydrogen-bond donors (Lipinski definition) is 1. The highest BCUT2D eigenvalue weighted by atomic mass is 127. The van der Waals surface area contributed by atoms with Crippen LogP contribution in [-0.4, -0.2) is 11.1 Å². The fourth-order valence-electron chi connectivity index (χ4n) is 1.34. The van der Waals surface area contributed by atoms with E-state index in [9.17, 15) is 31.1 Å². The van der Waals surface area contributed by atoms with Crippen molar-refractivity contribution in [2.75, 3.05) is 0 Å². The van der Waals surface area contributed by atoms with Crippen molar-refractivity contribution in [2.24, 2.45) is 0 Å². The van der Waals surface area contributed by atoms with Gasteiger partial charge >= 0.3 is 18.3 Å². The van der Waals surface area contributed by atoms with Gasteiger partial charge in [-0.1, -0.05) is 0 Å². The molecular formula is C11H5F6IO2. The standard InChI is InChI=1S/C11H5F6IO2/c12-10(13,14)5-3-7(11(15,16)17)6(8(18)4-5)1-2-9(19)20/h1-4H,(H,19,20)/b2-1+. The monoisotopic (exact) mass is 410 g/mol. The topological polar surface area (TPSA) is 37.3 Å². The van der Waals surface area contributed by atoms with E-state index in [1.54, 1.807) is 0 Å². The van der Waals surface area contributed by atoms with Crippen LogP contribution in [0.3, 0.4) is 0 Å². The summed E-state index contributed by atoms with van der Waals surface area (Å²) in [4.78, 5) is 10.3. The summed E-state index contributed by atoms with van der Waals surface area (Å²) < 4.78 is 75.5. The Kier molecular flexibility index (Phi) is 4.72. The van der Waals surface area contributed by atoms with Gasteiger partial charge in [-0.25, -0.2) is 4.79 Å². The van der Waals surface area contributed by atoms with Crippen LogP contribution in [0.5, 0.6) is 0 Å². The maximum Gasteiger partial charge on any atom is 0.417 e. The number of alkyl halides is 6. The highest BCUT2D eigenvalue weighted by molar-refractivity contribution is 14.1. The van der Waals surface area contributed by atoms with Gasteiger partial charge in [0.15, 0.2) is 0 Å². The summed E-state index contributed by atoms with van der Waals surface area (Å²) in [6.45, 7) is 0. The Balaban J connectivity index is 3.56. The van der Waals surface area contributed by atoms with E-state index >= 15 is 0 Å². The molecule has 0 atom stereocenters. The number of carboxylic acids is 1. The minimum absolute atomic E-state index is 0.0380. The molecular weight excluding hydrogens is 405 g/mol. The van der Waals surface area contributed by atoms with E-state index in [2.05, 4.69) is 0 Å². The van der Waals surface area contributed by atoms with Gasteiger partial charge in [0.1, 0.15) is 0 Å². The first-order valence-corrected chi connectivity index (χ1v) is 5.89. The number of aliphatic carboxylic acids is 1. The molecule has 0 aliphatic rings. The van der Waals surface area contributed by atoms with Crippen molar-refractivity contribution >= 4 is 34.6 Å². The maximum absolute atomic E-state index is 12.8. The largest absolute Gasteiger partial charge is 0.478 e.